The van der Waals surface area contributed by atoms with Gasteiger partial charge in [0.05, 0.1) is 5.60 Å². The standard InChI is InChI=1S/C14H21NO2S/c1-5-17-14(3-6-16-7-4-14)9-13(1)15-10-12-2-8-18-11-12/h2,8,11,13,15H,1,3-7,9-10H2/t13-/m0/s1. The maximum atomic E-state index is 6.06. The molecule has 18 heavy (non-hydrogen) atoms. The average Bonchev–Trinajstić information content (AvgIpc) is 2.91. The van der Waals surface area contributed by atoms with E-state index in [1.807, 2.05) is 0 Å². The molecule has 0 bridgehead atoms. The van der Waals surface area contributed by atoms with Crippen LogP contribution >= 0.6 is 11.3 Å². The van der Waals surface area contributed by atoms with E-state index in [1.165, 1.54) is 5.56 Å². The van der Waals surface area contributed by atoms with Gasteiger partial charge in [-0.2, -0.15) is 11.3 Å². The van der Waals surface area contributed by atoms with Gasteiger partial charge in [0.2, 0.25) is 0 Å². The third kappa shape index (κ3) is 2.94. The second-order valence-corrected chi connectivity index (χ2v) is 6.13. The molecule has 1 atom stereocenters. The van der Waals surface area contributed by atoms with Gasteiger partial charge >= 0.3 is 0 Å². The topological polar surface area (TPSA) is 30.5 Å². The van der Waals surface area contributed by atoms with E-state index in [0.717, 1.165) is 52.0 Å². The smallest absolute Gasteiger partial charge is 0.0741 e. The van der Waals surface area contributed by atoms with Crippen molar-refractivity contribution in [3.05, 3.63) is 22.4 Å². The molecule has 4 heteroatoms. The predicted octanol–water partition coefficient (Wildman–Crippen LogP) is 2.57. The van der Waals surface area contributed by atoms with E-state index in [-0.39, 0.29) is 5.60 Å². The fraction of sp³-hybridized carbons (Fsp3) is 0.714. The van der Waals surface area contributed by atoms with E-state index in [2.05, 4.69) is 22.1 Å². The highest BCUT2D eigenvalue weighted by Gasteiger charge is 2.38. The van der Waals surface area contributed by atoms with Crippen LogP contribution in [0.15, 0.2) is 16.8 Å². The molecule has 2 aliphatic rings. The normalized spacial score (nSPS) is 27.4. The van der Waals surface area contributed by atoms with Gasteiger partial charge in [0.25, 0.3) is 0 Å². The molecule has 3 nitrogen and oxygen atoms in total. The summed E-state index contributed by atoms with van der Waals surface area (Å²) in [4.78, 5) is 0. The Bertz CT molecular complexity index is 354. The van der Waals surface area contributed by atoms with E-state index in [4.69, 9.17) is 9.47 Å². The van der Waals surface area contributed by atoms with Gasteiger partial charge < -0.3 is 14.8 Å². The molecule has 3 heterocycles. The van der Waals surface area contributed by atoms with Crippen LogP contribution in [0.25, 0.3) is 0 Å². The lowest BCUT2D eigenvalue weighted by Gasteiger charge is -2.43. The summed E-state index contributed by atoms with van der Waals surface area (Å²) in [6.45, 7) is 3.59. The molecule has 0 unspecified atom stereocenters. The van der Waals surface area contributed by atoms with Crippen molar-refractivity contribution >= 4 is 11.3 Å². The van der Waals surface area contributed by atoms with Gasteiger partial charge in [0.15, 0.2) is 0 Å². The van der Waals surface area contributed by atoms with E-state index in [9.17, 15) is 0 Å². The second kappa shape index (κ2) is 5.70. The fourth-order valence-electron chi connectivity index (χ4n) is 2.95. The number of hydrogen-bond donors (Lipinski definition) is 1. The van der Waals surface area contributed by atoms with Gasteiger partial charge in [-0.05, 0) is 48.1 Å². The monoisotopic (exact) mass is 267 g/mol. The Balaban J connectivity index is 1.53. The van der Waals surface area contributed by atoms with E-state index < -0.39 is 0 Å². The zero-order valence-electron chi connectivity index (χ0n) is 10.7. The molecule has 0 amide bonds. The number of thiophene rings is 1. The molecule has 0 radical (unpaired) electrons. The lowest BCUT2D eigenvalue weighted by Crippen LogP contribution is -2.49. The highest BCUT2D eigenvalue weighted by Crippen LogP contribution is 2.34. The van der Waals surface area contributed by atoms with Crippen LogP contribution in [0.5, 0.6) is 0 Å². The maximum absolute atomic E-state index is 6.06. The molecule has 0 saturated carbocycles. The first-order valence-corrected chi connectivity index (χ1v) is 7.77. The zero-order chi connectivity index (χ0) is 12.3. The molecule has 2 saturated heterocycles. The lowest BCUT2D eigenvalue weighted by atomic mass is 9.84. The van der Waals surface area contributed by atoms with Crippen molar-refractivity contribution in [2.75, 3.05) is 19.8 Å². The van der Waals surface area contributed by atoms with Crippen LogP contribution in [-0.4, -0.2) is 31.5 Å². The third-order valence-electron chi connectivity index (χ3n) is 4.07. The van der Waals surface area contributed by atoms with Crippen molar-refractivity contribution in [3.63, 3.8) is 0 Å². The molecule has 3 rings (SSSR count). The fourth-order valence-corrected chi connectivity index (χ4v) is 3.62. The molecule has 1 aromatic rings. The second-order valence-electron chi connectivity index (χ2n) is 5.35. The number of rotatable bonds is 3. The van der Waals surface area contributed by atoms with Gasteiger partial charge in [-0.1, -0.05) is 0 Å². The van der Waals surface area contributed by atoms with Gasteiger partial charge in [-0.3, -0.25) is 0 Å². The molecular formula is C14H21NO2S. The lowest BCUT2D eigenvalue weighted by molar-refractivity contribution is -0.140. The summed E-state index contributed by atoms with van der Waals surface area (Å²) in [5.74, 6) is 0. The van der Waals surface area contributed by atoms with Crippen LogP contribution < -0.4 is 5.32 Å². The van der Waals surface area contributed by atoms with Gasteiger partial charge in [-0.15, -0.1) is 0 Å². The Morgan fingerprint density at radius 3 is 3.00 bits per heavy atom. The zero-order valence-corrected chi connectivity index (χ0v) is 11.5. The minimum absolute atomic E-state index is 0.100. The Labute approximate surface area is 112 Å². The molecule has 2 fully saturated rings. The molecule has 1 spiro atoms. The SMILES string of the molecule is c1cc(CN[C@H]2CCOC3(CCOCC3)C2)cs1. The molecular weight excluding hydrogens is 246 g/mol. The van der Waals surface area contributed by atoms with Crippen molar-refractivity contribution in [2.24, 2.45) is 0 Å². The third-order valence-corrected chi connectivity index (χ3v) is 4.80. The van der Waals surface area contributed by atoms with Crippen LogP contribution in [0.1, 0.15) is 31.2 Å². The summed E-state index contributed by atoms with van der Waals surface area (Å²) in [6.07, 6.45) is 4.39. The quantitative estimate of drug-likeness (QED) is 0.913. The average molecular weight is 267 g/mol. The molecule has 1 aromatic heterocycles. The van der Waals surface area contributed by atoms with Crippen molar-refractivity contribution in [1.82, 2.24) is 5.32 Å². The molecule has 0 aromatic carbocycles. The Morgan fingerprint density at radius 1 is 1.33 bits per heavy atom. The highest BCUT2D eigenvalue weighted by molar-refractivity contribution is 7.07. The molecule has 0 aliphatic carbocycles. The van der Waals surface area contributed by atoms with Gasteiger partial charge in [-0.25, -0.2) is 0 Å². The number of nitrogens with one attached hydrogen (secondary N) is 1. The van der Waals surface area contributed by atoms with Crippen molar-refractivity contribution in [1.29, 1.82) is 0 Å². The van der Waals surface area contributed by atoms with Crippen LogP contribution in [0.2, 0.25) is 0 Å². The van der Waals surface area contributed by atoms with Crippen LogP contribution in [-0.2, 0) is 16.0 Å². The summed E-state index contributed by atoms with van der Waals surface area (Å²) < 4.78 is 11.5. The van der Waals surface area contributed by atoms with E-state index >= 15 is 0 Å². The van der Waals surface area contributed by atoms with Gasteiger partial charge in [0, 0.05) is 32.4 Å². The summed E-state index contributed by atoms with van der Waals surface area (Å²) in [5, 5.41) is 8.04. The van der Waals surface area contributed by atoms with E-state index in [0.29, 0.717) is 6.04 Å². The number of ether oxygens (including phenoxy) is 2. The minimum atomic E-state index is 0.100. The van der Waals surface area contributed by atoms with Crippen molar-refractivity contribution in [2.45, 2.75) is 43.9 Å². The first kappa shape index (κ1) is 12.6. The summed E-state index contributed by atoms with van der Waals surface area (Å²) >= 11 is 1.77. The van der Waals surface area contributed by atoms with Crippen molar-refractivity contribution in [3.8, 4) is 0 Å². The minimum Gasteiger partial charge on any atom is -0.381 e. The van der Waals surface area contributed by atoms with Crippen molar-refractivity contribution < 1.29 is 9.47 Å². The highest BCUT2D eigenvalue weighted by atomic mass is 32.1. The summed E-state index contributed by atoms with van der Waals surface area (Å²) in [5.41, 5.74) is 1.50. The Morgan fingerprint density at radius 2 is 2.22 bits per heavy atom. The first-order chi connectivity index (χ1) is 8.86. The molecule has 1 N–H and O–H groups in total. The largest absolute Gasteiger partial charge is 0.381 e. The molecule has 2 aliphatic heterocycles. The summed E-state index contributed by atoms with van der Waals surface area (Å²) in [6, 6.07) is 2.79. The van der Waals surface area contributed by atoms with Crippen LogP contribution in [0, 0.1) is 0 Å². The van der Waals surface area contributed by atoms with Gasteiger partial charge in [0.1, 0.15) is 0 Å². The van der Waals surface area contributed by atoms with Crippen LogP contribution in [0.4, 0.5) is 0 Å². The number of hydrogen-bond acceptors (Lipinski definition) is 4. The van der Waals surface area contributed by atoms with Crippen LogP contribution in [0.3, 0.4) is 0 Å². The summed E-state index contributed by atoms with van der Waals surface area (Å²) in [7, 11) is 0. The predicted molar refractivity (Wildman–Crippen MR) is 72.9 cm³/mol. The molecule has 100 valence electrons. The Hall–Kier alpha value is -0.420. The van der Waals surface area contributed by atoms with E-state index in [1.54, 1.807) is 11.3 Å². The Kier molecular flexibility index (Phi) is 3.99. The first-order valence-electron chi connectivity index (χ1n) is 6.83. The maximum Gasteiger partial charge on any atom is 0.0741 e.